The topological polar surface area (TPSA) is 87.1 Å². The fourth-order valence-electron chi connectivity index (χ4n) is 2.73. The molecular formula is C17H23N7O. The molecule has 0 atom stereocenters. The van der Waals surface area contributed by atoms with E-state index in [0.29, 0.717) is 12.2 Å². The third-order valence-electron chi connectivity index (χ3n) is 4.16. The van der Waals surface area contributed by atoms with Crippen LogP contribution in [0.3, 0.4) is 0 Å². The molecule has 0 aromatic carbocycles. The van der Waals surface area contributed by atoms with Gasteiger partial charge in [0.05, 0.1) is 11.9 Å². The highest BCUT2D eigenvalue weighted by Gasteiger charge is 2.18. The van der Waals surface area contributed by atoms with Gasteiger partial charge in [0.15, 0.2) is 0 Å². The molecule has 1 N–H and O–H groups in total. The lowest BCUT2D eigenvalue weighted by molar-refractivity contribution is 0.0946. The van der Waals surface area contributed by atoms with Crippen LogP contribution in [0.5, 0.6) is 0 Å². The Morgan fingerprint density at radius 2 is 1.84 bits per heavy atom. The van der Waals surface area contributed by atoms with Gasteiger partial charge in [-0.2, -0.15) is 0 Å². The number of amides is 1. The molecule has 1 aliphatic rings. The highest BCUT2D eigenvalue weighted by Crippen LogP contribution is 2.09. The van der Waals surface area contributed by atoms with Crippen LogP contribution in [0, 0.1) is 6.92 Å². The molecule has 8 heteroatoms. The Morgan fingerprint density at radius 3 is 2.52 bits per heavy atom. The van der Waals surface area contributed by atoms with Crippen molar-refractivity contribution in [2.45, 2.75) is 13.3 Å². The maximum absolute atomic E-state index is 12.0. The van der Waals surface area contributed by atoms with Crippen LogP contribution >= 0.6 is 0 Å². The standard InChI is InChI=1S/C17H23N7O/c1-14-12-22-15(13-21-14)16(25)18-6-3-7-23-8-10-24(11-9-23)17-19-4-2-5-20-17/h2,4-5,12-13H,3,6-11H2,1H3,(H,18,25). The number of hydrogen-bond donors (Lipinski definition) is 1. The summed E-state index contributed by atoms with van der Waals surface area (Å²) in [5, 5.41) is 2.89. The third-order valence-corrected chi connectivity index (χ3v) is 4.16. The summed E-state index contributed by atoms with van der Waals surface area (Å²) < 4.78 is 0. The van der Waals surface area contributed by atoms with Gasteiger partial charge >= 0.3 is 0 Å². The zero-order chi connectivity index (χ0) is 17.5. The molecular weight excluding hydrogens is 318 g/mol. The van der Waals surface area contributed by atoms with Crippen molar-refractivity contribution in [3.8, 4) is 0 Å². The number of carbonyl (C=O) groups excluding carboxylic acids is 1. The van der Waals surface area contributed by atoms with Crippen LogP contribution in [0.2, 0.25) is 0 Å². The summed E-state index contributed by atoms with van der Waals surface area (Å²) in [7, 11) is 0. The number of anilines is 1. The zero-order valence-corrected chi connectivity index (χ0v) is 14.4. The van der Waals surface area contributed by atoms with E-state index in [1.165, 1.54) is 6.20 Å². The number of aromatic nitrogens is 4. The quantitative estimate of drug-likeness (QED) is 0.766. The van der Waals surface area contributed by atoms with Gasteiger partial charge in [-0.3, -0.25) is 14.7 Å². The fourth-order valence-corrected chi connectivity index (χ4v) is 2.73. The second kappa shape index (κ2) is 8.48. The summed E-state index contributed by atoms with van der Waals surface area (Å²) in [6.07, 6.45) is 7.57. The highest BCUT2D eigenvalue weighted by atomic mass is 16.1. The van der Waals surface area contributed by atoms with E-state index in [9.17, 15) is 4.79 Å². The lowest BCUT2D eigenvalue weighted by atomic mass is 10.3. The molecule has 0 saturated carbocycles. The minimum absolute atomic E-state index is 0.168. The molecule has 3 heterocycles. The Labute approximate surface area is 147 Å². The Balaban J connectivity index is 1.34. The van der Waals surface area contributed by atoms with Crippen LogP contribution in [0.1, 0.15) is 22.6 Å². The van der Waals surface area contributed by atoms with Crippen LogP contribution < -0.4 is 10.2 Å². The van der Waals surface area contributed by atoms with E-state index >= 15 is 0 Å². The minimum Gasteiger partial charge on any atom is -0.351 e. The van der Waals surface area contributed by atoms with E-state index < -0.39 is 0 Å². The molecule has 0 aliphatic carbocycles. The largest absolute Gasteiger partial charge is 0.351 e. The summed E-state index contributed by atoms with van der Waals surface area (Å²) in [5.74, 6) is 0.632. The molecule has 25 heavy (non-hydrogen) atoms. The third kappa shape index (κ3) is 4.93. The van der Waals surface area contributed by atoms with Crippen LogP contribution in [0.25, 0.3) is 0 Å². The van der Waals surface area contributed by atoms with Crippen molar-refractivity contribution in [2.24, 2.45) is 0 Å². The van der Waals surface area contributed by atoms with Crippen LogP contribution in [0.4, 0.5) is 5.95 Å². The number of aryl methyl sites for hydroxylation is 1. The summed E-state index contributed by atoms with van der Waals surface area (Å²) in [6, 6.07) is 1.83. The first kappa shape index (κ1) is 17.2. The predicted octanol–water partition coefficient (Wildman–Crippen LogP) is 0.517. The minimum atomic E-state index is -0.168. The molecule has 1 aliphatic heterocycles. The number of nitrogens with one attached hydrogen (secondary N) is 1. The van der Waals surface area contributed by atoms with Crippen molar-refractivity contribution < 1.29 is 4.79 Å². The van der Waals surface area contributed by atoms with Crippen LogP contribution in [0.15, 0.2) is 30.9 Å². The zero-order valence-electron chi connectivity index (χ0n) is 14.4. The molecule has 1 fully saturated rings. The maximum Gasteiger partial charge on any atom is 0.271 e. The van der Waals surface area contributed by atoms with Crippen molar-refractivity contribution in [3.05, 3.63) is 42.2 Å². The van der Waals surface area contributed by atoms with Gasteiger partial charge in [0.25, 0.3) is 5.91 Å². The Bertz CT molecular complexity index is 669. The summed E-state index contributed by atoms with van der Waals surface area (Å²) in [5.41, 5.74) is 1.17. The van der Waals surface area contributed by atoms with E-state index in [1.54, 1.807) is 18.6 Å². The Morgan fingerprint density at radius 1 is 1.08 bits per heavy atom. The fraction of sp³-hybridized carbons (Fsp3) is 0.471. The number of piperazine rings is 1. The van der Waals surface area contributed by atoms with Crippen molar-refractivity contribution >= 4 is 11.9 Å². The number of nitrogens with zero attached hydrogens (tertiary/aromatic N) is 6. The Kier molecular flexibility index (Phi) is 5.84. The second-order valence-corrected chi connectivity index (χ2v) is 6.03. The lowest BCUT2D eigenvalue weighted by Crippen LogP contribution is -2.47. The smallest absolute Gasteiger partial charge is 0.271 e. The molecule has 2 aromatic heterocycles. The van der Waals surface area contributed by atoms with E-state index in [1.807, 2.05) is 13.0 Å². The molecule has 132 valence electrons. The molecule has 0 bridgehead atoms. The van der Waals surface area contributed by atoms with Crippen molar-refractivity contribution in [1.82, 2.24) is 30.2 Å². The van der Waals surface area contributed by atoms with Gasteiger partial charge in [0, 0.05) is 51.3 Å². The molecule has 1 saturated heterocycles. The van der Waals surface area contributed by atoms with Gasteiger partial charge in [-0.05, 0) is 26.0 Å². The highest BCUT2D eigenvalue weighted by molar-refractivity contribution is 5.91. The van der Waals surface area contributed by atoms with Crippen LogP contribution in [-0.4, -0.2) is 70.0 Å². The molecule has 8 nitrogen and oxygen atoms in total. The number of carbonyl (C=O) groups is 1. The predicted molar refractivity (Wildman–Crippen MR) is 94.4 cm³/mol. The van der Waals surface area contributed by atoms with Gasteiger partial charge in [-0.25, -0.2) is 15.0 Å². The van der Waals surface area contributed by atoms with Crippen molar-refractivity contribution in [1.29, 1.82) is 0 Å². The Hall–Kier alpha value is -2.61. The van der Waals surface area contributed by atoms with E-state index in [0.717, 1.165) is 50.8 Å². The molecule has 2 aromatic rings. The molecule has 1 amide bonds. The molecule has 3 rings (SSSR count). The SMILES string of the molecule is Cc1cnc(C(=O)NCCCN2CCN(c3ncccn3)CC2)cn1. The molecule has 0 unspecified atom stereocenters. The summed E-state index contributed by atoms with van der Waals surface area (Å²) in [4.78, 5) is 33.3. The van der Waals surface area contributed by atoms with E-state index in [2.05, 4.69) is 35.1 Å². The second-order valence-electron chi connectivity index (χ2n) is 6.03. The van der Waals surface area contributed by atoms with Crippen molar-refractivity contribution in [3.63, 3.8) is 0 Å². The van der Waals surface area contributed by atoms with Crippen LogP contribution in [-0.2, 0) is 0 Å². The first-order chi connectivity index (χ1) is 12.2. The lowest BCUT2D eigenvalue weighted by Gasteiger charge is -2.34. The first-order valence-electron chi connectivity index (χ1n) is 8.53. The van der Waals surface area contributed by atoms with Gasteiger partial charge in [-0.15, -0.1) is 0 Å². The normalized spacial score (nSPS) is 15.2. The number of rotatable bonds is 6. The average molecular weight is 341 g/mol. The van der Waals surface area contributed by atoms with E-state index in [4.69, 9.17) is 0 Å². The van der Waals surface area contributed by atoms with Crippen molar-refractivity contribution in [2.75, 3.05) is 44.2 Å². The van der Waals surface area contributed by atoms with Gasteiger partial charge in [-0.1, -0.05) is 0 Å². The number of hydrogen-bond acceptors (Lipinski definition) is 7. The van der Waals surface area contributed by atoms with Gasteiger partial charge < -0.3 is 10.2 Å². The van der Waals surface area contributed by atoms with E-state index in [-0.39, 0.29) is 5.91 Å². The summed E-state index contributed by atoms with van der Waals surface area (Å²) >= 11 is 0. The maximum atomic E-state index is 12.0. The summed E-state index contributed by atoms with van der Waals surface area (Å²) in [6.45, 7) is 7.26. The van der Waals surface area contributed by atoms with Gasteiger partial charge in [0.1, 0.15) is 5.69 Å². The van der Waals surface area contributed by atoms with Gasteiger partial charge in [0.2, 0.25) is 5.95 Å². The first-order valence-corrected chi connectivity index (χ1v) is 8.53. The monoisotopic (exact) mass is 341 g/mol. The molecule has 0 spiro atoms. The molecule has 0 radical (unpaired) electrons. The average Bonchev–Trinajstić information content (AvgIpc) is 2.67.